The molecular weight excluding hydrogens is 1280 g/mol. The van der Waals surface area contributed by atoms with Crippen LogP contribution in [-0.2, 0) is 56.9 Å². The molecular formula is C64H104O32. The van der Waals surface area contributed by atoms with Gasteiger partial charge in [-0.15, -0.1) is 0 Å². The molecule has 96 heavy (non-hydrogen) atoms. The van der Waals surface area contributed by atoms with Crippen LogP contribution in [0.3, 0.4) is 0 Å². The monoisotopic (exact) mass is 1380 g/mol. The van der Waals surface area contributed by atoms with E-state index >= 15 is 4.79 Å². The number of fused-ring (bicyclic) bond motifs is 7. The van der Waals surface area contributed by atoms with Crippen LogP contribution in [0.15, 0.2) is 11.6 Å². The second-order valence-corrected chi connectivity index (χ2v) is 31.4. The lowest BCUT2D eigenvalue weighted by atomic mass is 9.34. The summed E-state index contributed by atoms with van der Waals surface area (Å²) in [6.07, 6.45) is -40.8. The van der Waals surface area contributed by atoms with Crippen LogP contribution in [0.2, 0.25) is 0 Å². The first-order chi connectivity index (χ1) is 44.7. The molecule has 5 aliphatic carbocycles. The van der Waals surface area contributed by atoms with Gasteiger partial charge in [0.25, 0.3) is 0 Å². The van der Waals surface area contributed by atoms with Gasteiger partial charge in [0.15, 0.2) is 24.8 Å². The zero-order valence-corrected chi connectivity index (χ0v) is 55.2. The number of allylic oxidation sites excluding steroid dienone is 2. The Hall–Kier alpha value is -1.99. The predicted octanol–water partition coefficient (Wildman–Crippen LogP) is -6.20. The molecule has 38 atom stereocenters. The summed E-state index contributed by atoms with van der Waals surface area (Å²) in [5, 5.41) is 222. The molecule has 11 aliphatic rings. The summed E-state index contributed by atoms with van der Waals surface area (Å²) >= 11 is 0. The summed E-state index contributed by atoms with van der Waals surface area (Å²) < 4.78 is 64.4. The van der Waals surface area contributed by atoms with E-state index in [0.29, 0.717) is 44.9 Å². The van der Waals surface area contributed by atoms with Crippen molar-refractivity contribution < 1.29 is 159 Å². The third-order valence-electron chi connectivity index (χ3n) is 25.2. The van der Waals surface area contributed by atoms with Crippen LogP contribution in [0.25, 0.3) is 0 Å². The van der Waals surface area contributed by atoms with Crippen molar-refractivity contribution in [3.05, 3.63) is 11.6 Å². The Labute approximate surface area is 554 Å². The first kappa shape index (κ1) is 75.2. The molecule has 32 heteroatoms. The Kier molecular flexibility index (Phi) is 21.1. The van der Waals surface area contributed by atoms with E-state index in [0.717, 1.165) is 5.57 Å². The summed E-state index contributed by atoms with van der Waals surface area (Å²) in [4.78, 5) is 15.4. The van der Waals surface area contributed by atoms with Crippen LogP contribution in [0, 0.1) is 56.7 Å². The van der Waals surface area contributed by atoms with Gasteiger partial charge in [-0.1, -0.05) is 53.2 Å². The van der Waals surface area contributed by atoms with E-state index in [1.165, 1.54) is 13.8 Å². The van der Waals surface area contributed by atoms with Crippen molar-refractivity contribution in [2.45, 2.75) is 290 Å². The lowest BCUT2D eigenvalue weighted by Gasteiger charge is -2.71. The molecule has 0 bridgehead atoms. The zero-order chi connectivity index (χ0) is 70.4. The molecule has 0 aromatic rings. The summed E-state index contributed by atoms with van der Waals surface area (Å²) in [6.45, 7) is 11.7. The number of esters is 1. The van der Waals surface area contributed by atoms with Crippen molar-refractivity contribution in [1.29, 1.82) is 0 Å². The van der Waals surface area contributed by atoms with Crippen molar-refractivity contribution in [2.75, 3.05) is 33.0 Å². The van der Waals surface area contributed by atoms with E-state index in [9.17, 15) is 102 Å². The third-order valence-corrected chi connectivity index (χ3v) is 25.2. The van der Waals surface area contributed by atoms with Crippen LogP contribution in [0.5, 0.6) is 0 Å². The summed E-state index contributed by atoms with van der Waals surface area (Å²) in [7, 11) is 0. The number of rotatable bonds is 14. The highest BCUT2D eigenvalue weighted by Crippen LogP contribution is 2.75. The average Bonchev–Trinajstić information content (AvgIpc) is 0.679. The SMILES string of the molecule is CC1OC(OC2C(CO)OC(O)(OCC3OC(O)(OC(=O)C4CC(C)(C)CC5C6=CCC7C8(C)CCC(OC9(C%10OCC(O)C(O)C%10O)OC(C)C(O)C(O)C9O)C(C)(CO)C8CCC7(C)C6(C)CCC45)C(OC4OCC(O)C(O)C4O)C(O)C3O)C(O)C2O)C(O)C(O)C1O. The highest BCUT2D eigenvalue weighted by atomic mass is 16.9. The normalized spacial score (nSPS) is 56.7. The Morgan fingerprint density at radius 1 is 0.594 bits per heavy atom. The number of carbonyl (C=O) groups is 1. The Morgan fingerprint density at radius 2 is 1.23 bits per heavy atom. The topological polar surface area (TPSA) is 523 Å². The minimum atomic E-state index is -3.47. The number of carbonyl (C=O) groups excluding carboxylic acids is 1. The van der Waals surface area contributed by atoms with Crippen LogP contribution in [0.4, 0.5) is 0 Å². The van der Waals surface area contributed by atoms with Gasteiger partial charge in [-0.25, -0.2) is 0 Å². The van der Waals surface area contributed by atoms with Crippen molar-refractivity contribution in [3.8, 4) is 0 Å². The van der Waals surface area contributed by atoms with Crippen LogP contribution in [0.1, 0.15) is 113 Å². The Bertz CT molecular complexity index is 2770. The van der Waals surface area contributed by atoms with Crippen molar-refractivity contribution in [3.63, 3.8) is 0 Å². The minimum absolute atomic E-state index is 0.00115. The van der Waals surface area contributed by atoms with Crippen LogP contribution in [-0.4, -0.2) is 318 Å². The quantitative estimate of drug-likeness (QED) is 0.0333. The van der Waals surface area contributed by atoms with E-state index in [2.05, 4.69) is 26.8 Å². The fourth-order valence-electron chi connectivity index (χ4n) is 19.5. The zero-order valence-electron chi connectivity index (χ0n) is 55.2. The van der Waals surface area contributed by atoms with E-state index in [1.807, 2.05) is 20.8 Å². The Balaban J connectivity index is 0.839. The predicted molar refractivity (Wildman–Crippen MR) is 317 cm³/mol. The second-order valence-electron chi connectivity index (χ2n) is 31.4. The van der Waals surface area contributed by atoms with Crippen molar-refractivity contribution in [2.24, 2.45) is 56.7 Å². The van der Waals surface area contributed by atoms with Gasteiger partial charge >= 0.3 is 17.9 Å². The molecule has 6 saturated heterocycles. The second kappa shape index (κ2) is 26.9. The highest BCUT2D eigenvalue weighted by molar-refractivity contribution is 5.74. The van der Waals surface area contributed by atoms with Gasteiger partial charge in [0.05, 0.1) is 57.3 Å². The number of ether oxygens (including phenoxy) is 11. The summed E-state index contributed by atoms with van der Waals surface area (Å²) in [6, 6.07) is 0. The standard InChI is InChI=1S/C64H104O32/c1-24-37(69)42(74)47(79)56(89-24)90-49-32(19-65)93-63(84,51(82)48(49)80)88-22-33-41(73)45(77)53(91-55-46(78)40(72)31(68)21-87-55)64(85,94-33)96-54(83)28-18-57(3,4)17-27-26(28)11-15-60(7)29(27)9-10-35-58(5)14-13-36(59(6,23-66)34(58)12-16-61(35,60)8)95-62(50(81)43(75)38(70)25(2)92-62)52-44(76)39(71)30(67)20-86-52/h9,24-28,30-53,55-56,65-82,84-85H,10-23H2,1-8H3. The number of hydrogen-bond acceptors (Lipinski definition) is 32. The smallest absolute Gasteiger partial charge is 0.357 e. The largest absolute Gasteiger partial charge is 0.405 e. The minimum Gasteiger partial charge on any atom is -0.405 e. The van der Waals surface area contributed by atoms with Gasteiger partial charge in [-0.3, -0.25) is 4.79 Å². The molecule has 32 nitrogen and oxygen atoms in total. The molecule has 4 saturated carbocycles. The number of hydrogen-bond donors (Lipinski definition) is 20. The lowest BCUT2D eigenvalue weighted by Crippen LogP contribution is -2.75. The van der Waals surface area contributed by atoms with Crippen molar-refractivity contribution >= 4 is 5.97 Å². The Morgan fingerprint density at radius 3 is 1.90 bits per heavy atom. The van der Waals surface area contributed by atoms with E-state index < -0.39 is 255 Å². The molecule has 11 rings (SSSR count). The maximum Gasteiger partial charge on any atom is 0.357 e. The first-order valence-electron chi connectivity index (χ1n) is 33.8. The molecule has 552 valence electrons. The van der Waals surface area contributed by atoms with Crippen molar-refractivity contribution in [1.82, 2.24) is 0 Å². The molecule has 0 aromatic carbocycles. The van der Waals surface area contributed by atoms with Crippen LogP contribution < -0.4 is 0 Å². The van der Waals surface area contributed by atoms with Crippen LogP contribution >= 0.6 is 0 Å². The molecule has 20 N–H and O–H groups in total. The molecule has 10 fully saturated rings. The van der Waals surface area contributed by atoms with Gasteiger partial charge in [0.2, 0.25) is 5.79 Å². The van der Waals surface area contributed by atoms with E-state index in [-0.39, 0.29) is 30.6 Å². The van der Waals surface area contributed by atoms with E-state index in [4.69, 9.17) is 52.1 Å². The fraction of sp³-hybridized carbons (Fsp3) is 0.953. The molecule has 0 spiro atoms. The summed E-state index contributed by atoms with van der Waals surface area (Å²) in [5.74, 6) is -12.2. The molecule has 38 unspecified atom stereocenters. The lowest BCUT2D eigenvalue weighted by molar-refractivity contribution is -0.479. The van der Waals surface area contributed by atoms with E-state index in [1.54, 1.807) is 0 Å². The number of aliphatic hydroxyl groups is 20. The van der Waals surface area contributed by atoms with Gasteiger partial charge in [-0.05, 0) is 117 Å². The van der Waals surface area contributed by atoms with Gasteiger partial charge in [0.1, 0.15) is 116 Å². The third kappa shape index (κ3) is 12.2. The number of aliphatic hydroxyl groups excluding tert-OH is 18. The van der Waals surface area contributed by atoms with Gasteiger partial charge < -0.3 is 154 Å². The first-order valence-corrected chi connectivity index (χ1v) is 33.8. The molecule has 6 aliphatic heterocycles. The van der Waals surface area contributed by atoms with Gasteiger partial charge in [0, 0.05) is 5.41 Å². The molecule has 0 aromatic heterocycles. The summed E-state index contributed by atoms with van der Waals surface area (Å²) in [5.41, 5.74) is -1.87. The van der Waals surface area contributed by atoms with Gasteiger partial charge in [-0.2, -0.15) is 0 Å². The maximum absolute atomic E-state index is 15.4. The molecule has 0 radical (unpaired) electrons. The molecule has 6 heterocycles. The average molecular weight is 1390 g/mol. The maximum atomic E-state index is 15.4. The molecule has 0 amide bonds. The fourth-order valence-corrected chi connectivity index (χ4v) is 19.5. The highest BCUT2D eigenvalue weighted by Gasteiger charge is 2.72.